The molecule has 0 N–H and O–H groups in total. The summed E-state index contributed by atoms with van der Waals surface area (Å²) in [6.07, 6.45) is 0. The summed E-state index contributed by atoms with van der Waals surface area (Å²) in [7, 11) is -3.41. The quantitative estimate of drug-likeness (QED) is 0.642. The van der Waals surface area contributed by atoms with Crippen molar-refractivity contribution in [2.24, 2.45) is 0 Å². The second kappa shape index (κ2) is 7.83. The molecule has 0 amide bonds. The molecule has 21 heavy (non-hydrogen) atoms. The van der Waals surface area contributed by atoms with Crippen molar-refractivity contribution in [3.05, 3.63) is 72.9 Å². The van der Waals surface area contributed by atoms with E-state index in [2.05, 4.69) is 73.4 Å². The van der Waals surface area contributed by atoms with Crippen LogP contribution in [0.25, 0.3) is 0 Å². The molecule has 0 bridgehead atoms. The maximum absolute atomic E-state index is 6.40. The molecular weight excluding hydrogens is 325 g/mol. The van der Waals surface area contributed by atoms with E-state index < -0.39 is 26.2 Å². The third-order valence-electron chi connectivity index (χ3n) is 3.77. The van der Waals surface area contributed by atoms with Gasteiger partial charge in [0.2, 0.25) is 7.83 Å². The fourth-order valence-electron chi connectivity index (χ4n) is 2.31. The summed E-state index contributed by atoms with van der Waals surface area (Å²) >= 11 is 0. The van der Waals surface area contributed by atoms with E-state index in [-0.39, 0.29) is 0 Å². The third-order valence-corrected chi connectivity index (χ3v) is 20.6. The Labute approximate surface area is 135 Å². The lowest BCUT2D eigenvalue weighted by Crippen LogP contribution is -2.57. The van der Waals surface area contributed by atoms with Crippen LogP contribution in [0, 0.1) is 0 Å². The van der Waals surface area contributed by atoms with Crippen LogP contribution in [-0.2, 0) is 8.23 Å². The summed E-state index contributed by atoms with van der Waals surface area (Å²) in [5.41, 5.74) is 2.06. The molecule has 0 spiro atoms. The first-order valence-corrected chi connectivity index (χ1v) is 15.0. The largest absolute Gasteiger partial charge is 0.459 e. The van der Waals surface area contributed by atoms with Crippen molar-refractivity contribution in [3.8, 4) is 0 Å². The average Bonchev–Trinajstić information content (AvgIpc) is 2.58. The standard InChI is InChI=1S/C15H22O2Si4/c1-3-21(16-18,15-12-8-5-9-13-15)19-17-20(2)14-10-6-4-7-11-14/h3-13,20H,1,19H2,2,18H3. The van der Waals surface area contributed by atoms with E-state index in [1.165, 1.54) is 10.4 Å². The summed E-state index contributed by atoms with van der Waals surface area (Å²) in [4.78, 5) is 0. The van der Waals surface area contributed by atoms with Crippen molar-refractivity contribution < 1.29 is 8.23 Å². The first-order valence-electron chi connectivity index (χ1n) is 7.12. The first kappa shape index (κ1) is 16.3. The Morgan fingerprint density at radius 1 is 1.10 bits per heavy atom. The molecule has 0 aliphatic rings. The van der Waals surface area contributed by atoms with Gasteiger partial charge in [0, 0.05) is 0 Å². The van der Waals surface area contributed by atoms with E-state index in [0.717, 1.165) is 10.5 Å². The Bertz CT molecular complexity index is 564. The van der Waals surface area contributed by atoms with Crippen molar-refractivity contribution in [2.45, 2.75) is 6.55 Å². The zero-order chi connectivity index (χ0) is 15.1. The second-order valence-corrected chi connectivity index (χ2v) is 17.0. The Hall–Kier alpha value is -1.03. The number of rotatable bonds is 7. The van der Waals surface area contributed by atoms with Crippen molar-refractivity contribution in [2.75, 3.05) is 0 Å². The van der Waals surface area contributed by atoms with Gasteiger partial charge in [0.15, 0.2) is 18.3 Å². The Balaban J connectivity index is 2.12. The van der Waals surface area contributed by atoms with E-state index in [0.29, 0.717) is 0 Å². The second-order valence-electron chi connectivity index (χ2n) is 5.03. The normalized spacial score (nSPS) is 15.9. The van der Waals surface area contributed by atoms with Gasteiger partial charge in [-0.05, 0) is 16.9 Å². The molecular formula is C15H22O2Si4. The molecule has 0 saturated carbocycles. The SMILES string of the molecule is C=C[Si](O[SiH3])([SiH2]O[SiH](C)c1ccccc1)c1ccccc1. The van der Waals surface area contributed by atoms with Gasteiger partial charge in [-0.1, -0.05) is 66.4 Å². The minimum atomic E-state index is -2.04. The summed E-state index contributed by atoms with van der Waals surface area (Å²) in [6.45, 7) is 6.31. The zero-order valence-corrected chi connectivity index (χ0v) is 18.2. The van der Waals surface area contributed by atoms with Gasteiger partial charge < -0.3 is 8.23 Å². The number of hydrogen-bond acceptors (Lipinski definition) is 2. The maximum Gasteiger partial charge on any atom is 0.244 e. The number of hydrogen-bond donors (Lipinski definition) is 0. The highest BCUT2D eigenvalue weighted by Gasteiger charge is 2.34. The van der Waals surface area contributed by atoms with Gasteiger partial charge in [0.25, 0.3) is 0 Å². The van der Waals surface area contributed by atoms with E-state index in [1.54, 1.807) is 0 Å². The predicted molar refractivity (Wildman–Crippen MR) is 102 cm³/mol. The molecule has 0 heterocycles. The molecule has 0 aliphatic carbocycles. The maximum atomic E-state index is 6.40. The zero-order valence-electron chi connectivity index (χ0n) is 12.7. The molecule has 0 fully saturated rings. The minimum absolute atomic E-state index is 0.731. The lowest BCUT2D eigenvalue weighted by Gasteiger charge is -2.28. The van der Waals surface area contributed by atoms with Gasteiger partial charge in [-0.2, -0.15) is 0 Å². The van der Waals surface area contributed by atoms with Crippen LogP contribution in [0.2, 0.25) is 6.55 Å². The van der Waals surface area contributed by atoms with Gasteiger partial charge in [0.05, 0.1) is 0 Å². The van der Waals surface area contributed by atoms with Gasteiger partial charge in [-0.15, -0.1) is 6.58 Å². The molecule has 0 aliphatic heterocycles. The molecule has 2 unspecified atom stereocenters. The number of benzene rings is 2. The van der Waals surface area contributed by atoms with E-state index in [4.69, 9.17) is 8.23 Å². The highest BCUT2D eigenvalue weighted by atomic mass is 29.2. The van der Waals surface area contributed by atoms with Crippen LogP contribution in [0.5, 0.6) is 0 Å². The fraction of sp³-hybridized carbons (Fsp3) is 0.0667. The van der Waals surface area contributed by atoms with Crippen LogP contribution >= 0.6 is 0 Å². The Kier molecular flexibility index (Phi) is 6.09. The molecule has 2 aromatic rings. The van der Waals surface area contributed by atoms with Gasteiger partial charge in [-0.25, -0.2) is 0 Å². The molecule has 2 aromatic carbocycles. The summed E-state index contributed by atoms with van der Waals surface area (Å²) in [5.74, 6) is 0. The lowest BCUT2D eigenvalue weighted by molar-refractivity contribution is 0.607. The van der Waals surface area contributed by atoms with Crippen LogP contribution in [0.3, 0.4) is 0 Å². The molecule has 0 aromatic heterocycles. The van der Waals surface area contributed by atoms with Crippen LogP contribution in [0.4, 0.5) is 0 Å². The smallest absolute Gasteiger partial charge is 0.244 e. The van der Waals surface area contributed by atoms with Gasteiger partial charge >= 0.3 is 0 Å². The molecule has 6 heteroatoms. The van der Waals surface area contributed by atoms with E-state index in [1.807, 2.05) is 6.07 Å². The highest BCUT2D eigenvalue weighted by molar-refractivity contribution is 7.30. The fourth-order valence-corrected chi connectivity index (χ4v) is 16.3. The summed E-state index contributed by atoms with van der Waals surface area (Å²) < 4.78 is 12.5. The molecule has 2 rings (SSSR count). The van der Waals surface area contributed by atoms with E-state index in [9.17, 15) is 0 Å². The van der Waals surface area contributed by atoms with Crippen LogP contribution in [0.15, 0.2) is 72.9 Å². The molecule has 2 atom stereocenters. The van der Waals surface area contributed by atoms with Crippen LogP contribution in [-0.4, -0.2) is 36.6 Å². The summed E-state index contributed by atoms with van der Waals surface area (Å²) in [6, 6.07) is 21.1. The minimum Gasteiger partial charge on any atom is -0.459 e. The van der Waals surface area contributed by atoms with Crippen molar-refractivity contribution in [1.82, 2.24) is 0 Å². The third kappa shape index (κ3) is 4.00. The van der Waals surface area contributed by atoms with Gasteiger partial charge in [-0.3, -0.25) is 0 Å². The monoisotopic (exact) mass is 346 g/mol. The summed E-state index contributed by atoms with van der Waals surface area (Å²) in [5, 5.41) is 2.66. The Morgan fingerprint density at radius 2 is 1.67 bits per heavy atom. The topological polar surface area (TPSA) is 18.5 Å². The van der Waals surface area contributed by atoms with Crippen molar-refractivity contribution in [3.63, 3.8) is 0 Å². The van der Waals surface area contributed by atoms with Crippen LogP contribution in [0.1, 0.15) is 0 Å². The highest BCUT2D eigenvalue weighted by Crippen LogP contribution is 2.06. The molecule has 0 radical (unpaired) electrons. The lowest BCUT2D eigenvalue weighted by atomic mass is 10.4. The van der Waals surface area contributed by atoms with Crippen molar-refractivity contribution >= 4 is 47.0 Å². The van der Waals surface area contributed by atoms with Crippen molar-refractivity contribution in [1.29, 1.82) is 0 Å². The first-order chi connectivity index (χ1) is 10.2. The molecule has 110 valence electrons. The van der Waals surface area contributed by atoms with Gasteiger partial charge in [0.1, 0.15) is 10.5 Å². The van der Waals surface area contributed by atoms with E-state index >= 15 is 0 Å². The Morgan fingerprint density at radius 3 is 2.19 bits per heavy atom. The van der Waals surface area contributed by atoms with Crippen LogP contribution < -0.4 is 10.4 Å². The molecule has 0 saturated heterocycles. The average molecular weight is 347 g/mol. The molecule has 2 nitrogen and oxygen atoms in total. The predicted octanol–water partition coefficient (Wildman–Crippen LogP) is -0.281.